The third kappa shape index (κ3) is 4.32. The van der Waals surface area contributed by atoms with Crippen molar-refractivity contribution in [2.75, 3.05) is 0 Å². The summed E-state index contributed by atoms with van der Waals surface area (Å²) >= 11 is 0. The molecule has 0 aliphatic heterocycles. The highest BCUT2D eigenvalue weighted by Gasteiger charge is 2.03. The maximum absolute atomic E-state index is 10.8. The minimum atomic E-state index is -0.424. The summed E-state index contributed by atoms with van der Waals surface area (Å²) in [6, 6.07) is 7.00. The molecule has 0 heterocycles. The summed E-state index contributed by atoms with van der Waals surface area (Å²) in [5, 5.41) is 9.40. The lowest BCUT2D eigenvalue weighted by atomic mass is 10.0. The summed E-state index contributed by atoms with van der Waals surface area (Å²) in [6.45, 7) is 1.93. The van der Waals surface area contributed by atoms with Gasteiger partial charge in [0.25, 0.3) is 0 Å². The Morgan fingerprint density at radius 3 is 2.33 bits per heavy atom. The van der Waals surface area contributed by atoms with Crippen LogP contribution in [0, 0.1) is 0 Å². The molecular weight excluding hydrogens is 214 g/mol. The van der Waals surface area contributed by atoms with Crippen molar-refractivity contribution in [2.45, 2.75) is 25.9 Å². The standard InChI is InChI=1S/C11H15NO2.ClH/c1-2-10(13)7-8-3-5-9(6-4-8)11(12)14;/h3-6,10,13H,2,7H2,1H3,(H2,12,14);1H. The van der Waals surface area contributed by atoms with E-state index in [9.17, 15) is 9.90 Å². The van der Waals surface area contributed by atoms with E-state index in [4.69, 9.17) is 5.73 Å². The van der Waals surface area contributed by atoms with Crippen LogP contribution in [0.15, 0.2) is 24.3 Å². The molecule has 0 spiro atoms. The van der Waals surface area contributed by atoms with Gasteiger partial charge in [0.2, 0.25) is 5.91 Å². The molecule has 3 N–H and O–H groups in total. The number of hydrogen-bond acceptors (Lipinski definition) is 2. The number of halogens is 1. The van der Waals surface area contributed by atoms with Crippen LogP contribution in [-0.4, -0.2) is 17.1 Å². The molecule has 1 aromatic carbocycles. The van der Waals surface area contributed by atoms with Crippen LogP contribution < -0.4 is 5.73 Å². The van der Waals surface area contributed by atoms with Crippen LogP contribution in [0.3, 0.4) is 0 Å². The molecule has 0 aromatic heterocycles. The summed E-state index contributed by atoms with van der Waals surface area (Å²) in [6.07, 6.45) is 1.04. The molecular formula is C11H16ClNO2. The summed E-state index contributed by atoms with van der Waals surface area (Å²) in [4.78, 5) is 10.8. The van der Waals surface area contributed by atoms with E-state index in [1.54, 1.807) is 12.1 Å². The van der Waals surface area contributed by atoms with Crippen molar-refractivity contribution in [1.29, 1.82) is 0 Å². The van der Waals surface area contributed by atoms with Crippen molar-refractivity contribution in [1.82, 2.24) is 0 Å². The molecule has 1 aromatic rings. The highest BCUT2D eigenvalue weighted by atomic mass is 35.5. The average Bonchev–Trinajstić information content (AvgIpc) is 2.18. The van der Waals surface area contributed by atoms with Crippen molar-refractivity contribution in [3.05, 3.63) is 35.4 Å². The molecule has 3 nitrogen and oxygen atoms in total. The summed E-state index contributed by atoms with van der Waals surface area (Å²) in [5.74, 6) is -0.424. The molecule has 84 valence electrons. The van der Waals surface area contributed by atoms with Gasteiger partial charge in [0.1, 0.15) is 0 Å². The first-order chi connectivity index (χ1) is 6.63. The third-order valence-electron chi connectivity index (χ3n) is 2.18. The molecule has 15 heavy (non-hydrogen) atoms. The van der Waals surface area contributed by atoms with Crippen LogP contribution in [0.5, 0.6) is 0 Å². The van der Waals surface area contributed by atoms with Gasteiger partial charge >= 0.3 is 0 Å². The van der Waals surface area contributed by atoms with Gasteiger partial charge in [-0.2, -0.15) is 0 Å². The van der Waals surface area contributed by atoms with Gasteiger partial charge in [-0.25, -0.2) is 0 Å². The van der Waals surface area contributed by atoms with Gasteiger partial charge in [-0.15, -0.1) is 12.4 Å². The molecule has 0 radical (unpaired) electrons. The van der Waals surface area contributed by atoms with Crippen LogP contribution in [0.25, 0.3) is 0 Å². The van der Waals surface area contributed by atoms with Gasteiger partial charge in [0, 0.05) is 5.56 Å². The molecule has 1 unspecified atom stereocenters. The largest absolute Gasteiger partial charge is 0.393 e. The Balaban J connectivity index is 0.00000196. The van der Waals surface area contributed by atoms with Gasteiger partial charge in [0.15, 0.2) is 0 Å². The number of aliphatic hydroxyl groups excluding tert-OH is 1. The fourth-order valence-corrected chi connectivity index (χ4v) is 1.22. The van der Waals surface area contributed by atoms with Crippen molar-refractivity contribution >= 4 is 18.3 Å². The van der Waals surface area contributed by atoms with Gasteiger partial charge in [-0.1, -0.05) is 19.1 Å². The lowest BCUT2D eigenvalue weighted by molar-refractivity contribution is 0.100. The first kappa shape index (κ1) is 13.9. The Hall–Kier alpha value is -1.06. The van der Waals surface area contributed by atoms with Crippen LogP contribution in [0.1, 0.15) is 29.3 Å². The Morgan fingerprint density at radius 1 is 1.40 bits per heavy atom. The predicted molar refractivity (Wildman–Crippen MR) is 62.2 cm³/mol. The quantitative estimate of drug-likeness (QED) is 0.822. The number of aliphatic hydroxyl groups is 1. The molecule has 0 bridgehead atoms. The zero-order valence-corrected chi connectivity index (χ0v) is 9.46. The fourth-order valence-electron chi connectivity index (χ4n) is 1.22. The van der Waals surface area contributed by atoms with E-state index < -0.39 is 5.91 Å². The number of primary amides is 1. The lowest BCUT2D eigenvalue weighted by Gasteiger charge is -2.07. The van der Waals surface area contributed by atoms with Gasteiger partial charge in [-0.05, 0) is 30.5 Å². The molecule has 1 atom stereocenters. The molecule has 0 aliphatic carbocycles. The number of hydrogen-bond donors (Lipinski definition) is 2. The van der Waals surface area contributed by atoms with Crippen molar-refractivity contribution in [3.63, 3.8) is 0 Å². The average molecular weight is 230 g/mol. The number of carbonyl (C=O) groups is 1. The van der Waals surface area contributed by atoms with Crippen LogP contribution in [-0.2, 0) is 6.42 Å². The SMILES string of the molecule is CCC(O)Cc1ccc(C(N)=O)cc1.Cl. The van der Waals surface area contributed by atoms with Crippen LogP contribution in [0.4, 0.5) is 0 Å². The number of benzene rings is 1. The Bertz CT molecular complexity index is 311. The van der Waals surface area contributed by atoms with Crippen LogP contribution in [0.2, 0.25) is 0 Å². The zero-order valence-electron chi connectivity index (χ0n) is 8.64. The van der Waals surface area contributed by atoms with Crippen molar-refractivity contribution in [2.24, 2.45) is 5.73 Å². The first-order valence-corrected chi connectivity index (χ1v) is 4.70. The van der Waals surface area contributed by atoms with E-state index in [1.165, 1.54) is 0 Å². The Morgan fingerprint density at radius 2 is 1.93 bits per heavy atom. The molecule has 4 heteroatoms. The van der Waals surface area contributed by atoms with E-state index in [2.05, 4.69) is 0 Å². The molecule has 0 aliphatic rings. The van der Waals surface area contributed by atoms with E-state index in [0.29, 0.717) is 12.0 Å². The maximum Gasteiger partial charge on any atom is 0.248 e. The van der Waals surface area contributed by atoms with Crippen LogP contribution >= 0.6 is 12.4 Å². The Labute approximate surface area is 95.7 Å². The normalized spacial score (nSPS) is 11.6. The smallest absolute Gasteiger partial charge is 0.248 e. The molecule has 0 saturated carbocycles. The van der Waals surface area contributed by atoms with Crippen molar-refractivity contribution < 1.29 is 9.90 Å². The summed E-state index contributed by atoms with van der Waals surface area (Å²) < 4.78 is 0. The fraction of sp³-hybridized carbons (Fsp3) is 0.364. The minimum absolute atomic E-state index is 0. The lowest BCUT2D eigenvalue weighted by Crippen LogP contribution is -2.11. The highest BCUT2D eigenvalue weighted by Crippen LogP contribution is 2.07. The number of amides is 1. The maximum atomic E-state index is 10.8. The summed E-state index contributed by atoms with van der Waals surface area (Å²) in [5.41, 5.74) is 6.62. The number of rotatable bonds is 4. The molecule has 1 rings (SSSR count). The molecule has 0 saturated heterocycles. The van der Waals surface area contributed by atoms with Gasteiger partial charge < -0.3 is 10.8 Å². The van der Waals surface area contributed by atoms with E-state index >= 15 is 0 Å². The Kier molecular flexibility index (Phi) is 5.97. The number of nitrogens with two attached hydrogens (primary N) is 1. The minimum Gasteiger partial charge on any atom is -0.393 e. The van der Waals surface area contributed by atoms with Gasteiger partial charge in [-0.3, -0.25) is 4.79 Å². The van der Waals surface area contributed by atoms with E-state index in [0.717, 1.165) is 12.0 Å². The first-order valence-electron chi connectivity index (χ1n) is 4.70. The van der Waals surface area contributed by atoms with Gasteiger partial charge in [0.05, 0.1) is 6.10 Å². The van der Waals surface area contributed by atoms with Crippen molar-refractivity contribution in [3.8, 4) is 0 Å². The predicted octanol–water partition coefficient (Wildman–Crippen LogP) is 1.52. The second-order valence-electron chi connectivity index (χ2n) is 3.33. The second kappa shape index (κ2) is 6.43. The second-order valence-corrected chi connectivity index (χ2v) is 3.33. The monoisotopic (exact) mass is 229 g/mol. The zero-order chi connectivity index (χ0) is 10.6. The number of carbonyl (C=O) groups excluding carboxylic acids is 1. The van der Waals surface area contributed by atoms with E-state index in [1.807, 2.05) is 19.1 Å². The highest BCUT2D eigenvalue weighted by molar-refractivity contribution is 5.92. The molecule has 0 fully saturated rings. The topological polar surface area (TPSA) is 63.3 Å². The molecule has 1 amide bonds. The summed E-state index contributed by atoms with van der Waals surface area (Å²) in [7, 11) is 0. The van der Waals surface area contributed by atoms with E-state index in [-0.39, 0.29) is 18.5 Å². The third-order valence-corrected chi connectivity index (χ3v) is 2.18.